The van der Waals surface area contributed by atoms with Gasteiger partial charge in [-0.3, -0.25) is 0 Å². The van der Waals surface area contributed by atoms with Crippen molar-refractivity contribution in [3.63, 3.8) is 0 Å². The van der Waals surface area contributed by atoms with E-state index in [0.29, 0.717) is 0 Å². The summed E-state index contributed by atoms with van der Waals surface area (Å²) in [5, 5.41) is 0. The average molecular weight is 302 g/mol. The molecule has 1 atom stereocenters. The minimum Gasteiger partial charge on any atom is -0.398 e. The molecule has 0 saturated heterocycles. The highest BCUT2D eigenvalue weighted by Crippen LogP contribution is 2.37. The molecule has 0 aliphatic heterocycles. The van der Waals surface area contributed by atoms with Crippen LogP contribution in [0.25, 0.3) is 0 Å². The molecule has 0 aromatic heterocycles. The summed E-state index contributed by atoms with van der Waals surface area (Å²) in [4.78, 5) is 0. The lowest BCUT2D eigenvalue weighted by Gasteiger charge is -2.14. The summed E-state index contributed by atoms with van der Waals surface area (Å²) >= 11 is 2.29. The van der Waals surface area contributed by atoms with E-state index in [1.807, 2.05) is 12.1 Å². The van der Waals surface area contributed by atoms with Gasteiger partial charge in [0.25, 0.3) is 0 Å². The van der Waals surface area contributed by atoms with Crippen LogP contribution < -0.4 is 11.5 Å². The van der Waals surface area contributed by atoms with Crippen molar-refractivity contribution >= 4 is 28.3 Å². The molecular formula is C11H15IN2. The zero-order valence-electron chi connectivity index (χ0n) is 8.04. The van der Waals surface area contributed by atoms with Gasteiger partial charge in [-0.1, -0.05) is 12.8 Å². The van der Waals surface area contributed by atoms with Gasteiger partial charge in [0, 0.05) is 15.3 Å². The zero-order valence-corrected chi connectivity index (χ0v) is 10.2. The Hall–Kier alpha value is -0.290. The van der Waals surface area contributed by atoms with Crippen LogP contribution in [0.1, 0.15) is 30.9 Å². The van der Waals surface area contributed by atoms with E-state index in [1.165, 1.54) is 16.4 Å². The number of rotatable bonds is 3. The lowest BCUT2D eigenvalue weighted by Crippen LogP contribution is -2.13. The van der Waals surface area contributed by atoms with Gasteiger partial charge in [-0.25, -0.2) is 0 Å². The Morgan fingerprint density at radius 1 is 1.43 bits per heavy atom. The summed E-state index contributed by atoms with van der Waals surface area (Å²) in [5.74, 6) is 0.849. The molecule has 1 aromatic rings. The van der Waals surface area contributed by atoms with Gasteiger partial charge < -0.3 is 11.5 Å². The lowest BCUT2D eigenvalue weighted by molar-refractivity contribution is 0.598. The summed E-state index contributed by atoms with van der Waals surface area (Å²) in [7, 11) is 0. The highest BCUT2D eigenvalue weighted by Gasteiger charge is 2.25. The van der Waals surface area contributed by atoms with Gasteiger partial charge in [0.05, 0.1) is 0 Å². The molecule has 4 N–H and O–H groups in total. The zero-order chi connectivity index (χ0) is 10.1. The third-order valence-electron chi connectivity index (χ3n) is 2.73. The van der Waals surface area contributed by atoms with Gasteiger partial charge in [0.15, 0.2) is 0 Å². The van der Waals surface area contributed by atoms with Crippen LogP contribution in [0, 0.1) is 9.49 Å². The fourth-order valence-electron chi connectivity index (χ4n) is 1.71. The number of hydrogen-bond acceptors (Lipinski definition) is 2. The lowest BCUT2D eigenvalue weighted by atomic mass is 10.0. The minimum atomic E-state index is 0.122. The first-order valence-corrected chi connectivity index (χ1v) is 6.05. The van der Waals surface area contributed by atoms with Crippen LogP contribution in [-0.4, -0.2) is 0 Å². The summed E-state index contributed by atoms with van der Waals surface area (Å²) in [6.45, 7) is 0. The van der Waals surface area contributed by atoms with Crippen LogP contribution in [0.3, 0.4) is 0 Å². The number of halogens is 1. The Bertz CT molecular complexity index is 334. The van der Waals surface area contributed by atoms with Gasteiger partial charge >= 0.3 is 0 Å². The van der Waals surface area contributed by atoms with E-state index in [2.05, 4.69) is 28.7 Å². The quantitative estimate of drug-likeness (QED) is 0.666. The highest BCUT2D eigenvalue weighted by atomic mass is 127. The summed E-state index contributed by atoms with van der Waals surface area (Å²) in [6, 6.07) is 6.19. The van der Waals surface area contributed by atoms with Crippen molar-refractivity contribution < 1.29 is 0 Å². The Kier molecular flexibility index (Phi) is 2.97. The number of nitrogen functional groups attached to an aromatic ring is 1. The first-order valence-electron chi connectivity index (χ1n) is 4.97. The third-order valence-corrected chi connectivity index (χ3v) is 3.40. The molecule has 1 aliphatic rings. The Balaban J connectivity index is 2.15. The van der Waals surface area contributed by atoms with E-state index >= 15 is 0 Å². The van der Waals surface area contributed by atoms with Gasteiger partial charge in [0.2, 0.25) is 0 Å². The van der Waals surface area contributed by atoms with Crippen LogP contribution in [0.15, 0.2) is 18.2 Å². The van der Waals surface area contributed by atoms with Crippen LogP contribution >= 0.6 is 22.6 Å². The van der Waals surface area contributed by atoms with Crippen molar-refractivity contribution in [3.8, 4) is 0 Å². The van der Waals surface area contributed by atoms with Crippen LogP contribution in [0.5, 0.6) is 0 Å². The van der Waals surface area contributed by atoms with Crippen molar-refractivity contribution in [1.82, 2.24) is 0 Å². The van der Waals surface area contributed by atoms with E-state index in [9.17, 15) is 0 Å². The second-order valence-corrected chi connectivity index (χ2v) is 5.30. The van der Waals surface area contributed by atoms with Crippen molar-refractivity contribution in [2.24, 2.45) is 11.7 Å². The molecule has 76 valence electrons. The maximum Gasteiger partial charge on any atom is 0.0363 e. The molecule has 0 spiro atoms. The van der Waals surface area contributed by atoms with E-state index in [4.69, 9.17) is 11.5 Å². The standard InChI is InChI=1S/C11H15IN2/c12-8-3-4-10(13)9(6-8)11(14)5-7-1-2-7/h3-4,6-7,11H,1-2,5,13-14H2. The fraction of sp³-hybridized carbons (Fsp3) is 0.455. The van der Waals surface area contributed by atoms with Crippen molar-refractivity contribution in [2.75, 3.05) is 5.73 Å². The smallest absolute Gasteiger partial charge is 0.0363 e. The number of nitrogens with two attached hydrogens (primary N) is 2. The third kappa shape index (κ3) is 2.39. The maximum absolute atomic E-state index is 6.12. The van der Waals surface area contributed by atoms with Crippen molar-refractivity contribution in [3.05, 3.63) is 27.3 Å². The van der Waals surface area contributed by atoms with Crippen LogP contribution in [0.4, 0.5) is 5.69 Å². The molecule has 3 heteroatoms. The predicted octanol–water partition coefficient (Wildman–Crippen LogP) is 2.67. The van der Waals surface area contributed by atoms with Crippen molar-refractivity contribution in [1.29, 1.82) is 0 Å². The second kappa shape index (κ2) is 4.06. The number of hydrogen-bond donors (Lipinski definition) is 2. The molecule has 14 heavy (non-hydrogen) atoms. The summed E-state index contributed by atoms with van der Waals surface area (Å²) in [6.07, 6.45) is 3.78. The monoisotopic (exact) mass is 302 g/mol. The largest absolute Gasteiger partial charge is 0.398 e. The Morgan fingerprint density at radius 2 is 2.14 bits per heavy atom. The molecule has 2 rings (SSSR count). The Labute approximate surface area is 98.2 Å². The van der Waals surface area contributed by atoms with Crippen LogP contribution in [0.2, 0.25) is 0 Å². The average Bonchev–Trinajstić information content (AvgIpc) is 2.93. The van der Waals surface area contributed by atoms with Crippen molar-refractivity contribution in [2.45, 2.75) is 25.3 Å². The molecular weight excluding hydrogens is 287 g/mol. The van der Waals surface area contributed by atoms with Crippen LogP contribution in [-0.2, 0) is 0 Å². The fourth-order valence-corrected chi connectivity index (χ4v) is 2.22. The molecule has 1 saturated carbocycles. The van der Waals surface area contributed by atoms with Gasteiger partial charge in [-0.2, -0.15) is 0 Å². The molecule has 0 bridgehead atoms. The maximum atomic E-state index is 6.12. The second-order valence-electron chi connectivity index (χ2n) is 4.06. The summed E-state index contributed by atoms with van der Waals surface area (Å²) in [5.41, 5.74) is 14.0. The summed E-state index contributed by atoms with van der Waals surface area (Å²) < 4.78 is 1.21. The molecule has 2 nitrogen and oxygen atoms in total. The molecule has 1 aromatic carbocycles. The van der Waals surface area contributed by atoms with Gasteiger partial charge in [0.1, 0.15) is 0 Å². The molecule has 0 heterocycles. The normalized spacial score (nSPS) is 18.1. The molecule has 0 amide bonds. The highest BCUT2D eigenvalue weighted by molar-refractivity contribution is 14.1. The Morgan fingerprint density at radius 3 is 2.79 bits per heavy atom. The molecule has 1 unspecified atom stereocenters. The first kappa shape index (κ1) is 10.2. The molecule has 1 aliphatic carbocycles. The first-order chi connectivity index (χ1) is 6.66. The SMILES string of the molecule is Nc1ccc(I)cc1C(N)CC1CC1. The van der Waals surface area contributed by atoms with E-state index < -0.39 is 0 Å². The van der Waals surface area contributed by atoms with E-state index in [0.717, 1.165) is 23.6 Å². The number of benzene rings is 1. The molecule has 1 fully saturated rings. The topological polar surface area (TPSA) is 52.0 Å². The van der Waals surface area contributed by atoms with Gasteiger partial charge in [-0.05, 0) is 58.7 Å². The molecule has 0 radical (unpaired) electrons. The minimum absolute atomic E-state index is 0.122. The predicted molar refractivity (Wildman–Crippen MR) is 67.8 cm³/mol. The van der Waals surface area contributed by atoms with E-state index in [-0.39, 0.29) is 6.04 Å². The van der Waals surface area contributed by atoms with Gasteiger partial charge in [-0.15, -0.1) is 0 Å². The van der Waals surface area contributed by atoms with E-state index in [1.54, 1.807) is 0 Å². The number of anilines is 1.